The molecular weight excluding hydrogens is 545 g/mol. The Morgan fingerprint density at radius 1 is 1.22 bits per heavy atom. The van der Waals surface area contributed by atoms with Crippen molar-refractivity contribution < 1.29 is 12.9 Å². The molecule has 0 aliphatic carbocycles. The molecule has 0 bridgehead atoms. The van der Waals surface area contributed by atoms with Crippen molar-refractivity contribution in [1.29, 1.82) is 0 Å². The van der Waals surface area contributed by atoms with E-state index in [4.69, 9.17) is 4.52 Å². The van der Waals surface area contributed by atoms with Crippen molar-refractivity contribution in [1.82, 2.24) is 29.6 Å². The third-order valence-corrected chi connectivity index (χ3v) is 7.09. The second kappa shape index (κ2) is 11.1. The van der Waals surface area contributed by atoms with Crippen molar-refractivity contribution in [2.24, 2.45) is 4.99 Å². The second-order valence-corrected chi connectivity index (χ2v) is 9.38. The lowest BCUT2D eigenvalue weighted by atomic mass is 10.3. The minimum absolute atomic E-state index is 0. The van der Waals surface area contributed by atoms with Gasteiger partial charge in [0.15, 0.2) is 5.96 Å². The average molecular weight is 573 g/mol. The highest BCUT2D eigenvalue weighted by molar-refractivity contribution is 14.0. The molecule has 3 heterocycles. The van der Waals surface area contributed by atoms with Gasteiger partial charge in [-0.2, -0.15) is 4.31 Å². The molecule has 4 rings (SSSR count). The minimum atomic E-state index is -3.41. The number of sulfonamides is 1. The maximum absolute atomic E-state index is 12.6. The summed E-state index contributed by atoms with van der Waals surface area (Å²) in [5.41, 5.74) is 2.46. The number of guanidine groups is 1. The molecule has 0 radical (unpaired) electrons. The highest BCUT2D eigenvalue weighted by Gasteiger charge is 2.28. The molecule has 0 atom stereocenters. The van der Waals surface area contributed by atoms with Crippen LogP contribution in [0, 0.1) is 0 Å². The predicted molar refractivity (Wildman–Crippen MR) is 133 cm³/mol. The summed E-state index contributed by atoms with van der Waals surface area (Å²) in [6.45, 7) is 2.76. The van der Waals surface area contributed by atoms with Gasteiger partial charge in [0.05, 0.1) is 16.7 Å². The number of hydrogen-bond acceptors (Lipinski definition) is 6. The van der Waals surface area contributed by atoms with Crippen LogP contribution in [0.15, 0.2) is 46.1 Å². The average Bonchev–Trinajstić information content (AvgIpc) is 3.43. The normalized spacial score (nSPS) is 15.7. The first-order chi connectivity index (χ1) is 15.0. The van der Waals surface area contributed by atoms with Gasteiger partial charge >= 0.3 is 0 Å². The summed E-state index contributed by atoms with van der Waals surface area (Å²) in [5.74, 6) is 1.63. The quantitative estimate of drug-likeness (QED) is 0.192. The van der Waals surface area contributed by atoms with E-state index in [2.05, 4.69) is 30.3 Å². The van der Waals surface area contributed by atoms with E-state index in [9.17, 15) is 8.42 Å². The fraction of sp³-hybridized carbons (Fsp3) is 0.450. The molecule has 32 heavy (non-hydrogen) atoms. The molecule has 174 valence electrons. The number of nitrogens with one attached hydrogen (secondary N) is 2. The Balaban J connectivity index is 0.00000289. The first-order valence-electron chi connectivity index (χ1n) is 10.3. The summed E-state index contributed by atoms with van der Waals surface area (Å²) in [7, 11) is -1.67. The lowest BCUT2D eigenvalue weighted by molar-refractivity contribution is 0.260. The van der Waals surface area contributed by atoms with E-state index >= 15 is 0 Å². The van der Waals surface area contributed by atoms with Crippen molar-refractivity contribution in [3.05, 3.63) is 48.1 Å². The molecule has 1 saturated heterocycles. The van der Waals surface area contributed by atoms with Crippen LogP contribution in [0.2, 0.25) is 0 Å². The fourth-order valence-electron chi connectivity index (χ4n) is 3.68. The number of para-hydroxylation sites is 2. The lowest BCUT2D eigenvalue weighted by Gasteiger charge is -2.35. The number of benzene rings is 1. The first-order valence-corrected chi connectivity index (χ1v) is 11.9. The van der Waals surface area contributed by atoms with Gasteiger partial charge in [0.2, 0.25) is 10.0 Å². The van der Waals surface area contributed by atoms with E-state index in [1.54, 1.807) is 13.1 Å². The lowest BCUT2D eigenvalue weighted by Crippen LogP contribution is -2.54. The van der Waals surface area contributed by atoms with Crippen LogP contribution in [0.25, 0.3) is 11.0 Å². The molecular formula is C20H28IN7O3S. The van der Waals surface area contributed by atoms with Crippen molar-refractivity contribution in [3.8, 4) is 0 Å². The topological polar surface area (TPSA) is 120 Å². The third-order valence-electron chi connectivity index (χ3n) is 5.28. The zero-order chi connectivity index (χ0) is 21.7. The zero-order valence-electron chi connectivity index (χ0n) is 17.9. The number of imidazole rings is 1. The molecule has 0 saturated carbocycles. The molecule has 10 nitrogen and oxygen atoms in total. The number of rotatable bonds is 7. The standard InChI is InChI=1S/C20H27N7O3S.HI/c1-21-20(22-9-4-7-19-23-17-5-2-3-6-18(17)24-19)26-10-12-27(13-11-26)31(28,29)15-16-8-14-30-25-16;/h2-3,5-6,8,14H,4,7,9-13,15H2,1H3,(H,21,22)(H,23,24);1H. The van der Waals surface area contributed by atoms with Crippen molar-refractivity contribution in [2.45, 2.75) is 18.6 Å². The number of aliphatic imine (C=N–C) groups is 1. The monoisotopic (exact) mass is 573 g/mol. The molecule has 2 aromatic heterocycles. The maximum Gasteiger partial charge on any atom is 0.220 e. The molecule has 1 aromatic carbocycles. The largest absolute Gasteiger partial charge is 0.364 e. The third kappa shape index (κ3) is 5.98. The molecule has 0 unspecified atom stereocenters. The number of halogens is 1. The molecule has 0 amide bonds. The van der Waals surface area contributed by atoms with Crippen LogP contribution < -0.4 is 5.32 Å². The molecule has 2 N–H and O–H groups in total. The Bertz CT molecular complexity index is 1090. The van der Waals surface area contributed by atoms with E-state index < -0.39 is 10.0 Å². The first kappa shape index (κ1) is 24.5. The van der Waals surface area contributed by atoms with Crippen molar-refractivity contribution in [3.63, 3.8) is 0 Å². The Hall–Kier alpha value is -2.19. The highest BCUT2D eigenvalue weighted by Crippen LogP contribution is 2.13. The maximum atomic E-state index is 12.6. The van der Waals surface area contributed by atoms with Gasteiger partial charge in [-0.15, -0.1) is 24.0 Å². The fourth-order valence-corrected chi connectivity index (χ4v) is 5.11. The van der Waals surface area contributed by atoms with Gasteiger partial charge in [0.25, 0.3) is 0 Å². The molecule has 0 spiro atoms. The van der Waals surface area contributed by atoms with Crippen molar-refractivity contribution >= 4 is 51.0 Å². The van der Waals surface area contributed by atoms with Crippen LogP contribution in [0.1, 0.15) is 17.9 Å². The number of aromatic amines is 1. The van der Waals surface area contributed by atoms with Crippen LogP contribution in [-0.4, -0.2) is 78.5 Å². The van der Waals surface area contributed by atoms with E-state index in [0.29, 0.717) is 31.9 Å². The number of fused-ring (bicyclic) bond motifs is 1. The van der Waals surface area contributed by atoms with Gasteiger partial charge in [-0.05, 0) is 18.6 Å². The van der Waals surface area contributed by atoms with Gasteiger partial charge < -0.3 is 19.7 Å². The Kier molecular flexibility index (Phi) is 8.48. The summed E-state index contributed by atoms with van der Waals surface area (Å²) in [4.78, 5) is 14.4. The number of aryl methyl sites for hydroxylation is 1. The molecule has 1 fully saturated rings. The van der Waals surface area contributed by atoms with Gasteiger partial charge in [-0.1, -0.05) is 17.3 Å². The van der Waals surface area contributed by atoms with Crippen LogP contribution in [0.5, 0.6) is 0 Å². The predicted octanol–water partition coefficient (Wildman–Crippen LogP) is 1.82. The molecule has 1 aliphatic heterocycles. The van der Waals surface area contributed by atoms with E-state index in [0.717, 1.165) is 42.2 Å². The molecule has 3 aromatic rings. The summed E-state index contributed by atoms with van der Waals surface area (Å²) in [6, 6.07) is 9.58. The Morgan fingerprint density at radius 3 is 2.69 bits per heavy atom. The van der Waals surface area contributed by atoms with Gasteiger partial charge in [0.1, 0.15) is 17.8 Å². The van der Waals surface area contributed by atoms with E-state index in [-0.39, 0.29) is 29.7 Å². The van der Waals surface area contributed by atoms with E-state index in [1.807, 2.05) is 24.3 Å². The zero-order valence-corrected chi connectivity index (χ0v) is 21.0. The summed E-state index contributed by atoms with van der Waals surface area (Å²) < 4.78 is 31.4. The SMILES string of the molecule is CN=C(NCCCc1nc2ccccc2[nH]1)N1CCN(S(=O)(=O)Cc2ccon2)CC1.I. The molecule has 12 heteroatoms. The summed E-state index contributed by atoms with van der Waals surface area (Å²) in [5, 5.41) is 7.08. The number of H-pyrrole nitrogens is 1. The number of aromatic nitrogens is 3. The summed E-state index contributed by atoms with van der Waals surface area (Å²) >= 11 is 0. The van der Waals surface area contributed by atoms with Gasteiger partial charge in [0, 0.05) is 52.3 Å². The van der Waals surface area contributed by atoms with E-state index in [1.165, 1.54) is 10.6 Å². The van der Waals surface area contributed by atoms with Crippen LogP contribution in [0.4, 0.5) is 0 Å². The number of nitrogens with zero attached hydrogens (tertiary/aromatic N) is 5. The van der Waals surface area contributed by atoms with Crippen LogP contribution in [-0.2, 0) is 22.2 Å². The van der Waals surface area contributed by atoms with Crippen LogP contribution >= 0.6 is 24.0 Å². The van der Waals surface area contributed by atoms with Gasteiger partial charge in [-0.3, -0.25) is 4.99 Å². The summed E-state index contributed by atoms with van der Waals surface area (Å²) in [6.07, 6.45) is 3.13. The second-order valence-electron chi connectivity index (χ2n) is 7.41. The van der Waals surface area contributed by atoms with Crippen LogP contribution in [0.3, 0.4) is 0 Å². The minimum Gasteiger partial charge on any atom is -0.364 e. The number of piperazine rings is 1. The Labute approximate surface area is 204 Å². The molecule has 1 aliphatic rings. The van der Waals surface area contributed by atoms with Gasteiger partial charge in [-0.25, -0.2) is 13.4 Å². The Morgan fingerprint density at radius 2 is 2.00 bits per heavy atom. The highest BCUT2D eigenvalue weighted by atomic mass is 127. The smallest absolute Gasteiger partial charge is 0.220 e. The number of hydrogen-bond donors (Lipinski definition) is 2. The van der Waals surface area contributed by atoms with Crippen molar-refractivity contribution in [2.75, 3.05) is 39.8 Å².